The number of ether oxygens (including phenoxy) is 4. The van der Waals surface area contributed by atoms with Gasteiger partial charge in [-0.2, -0.15) is 0 Å². The van der Waals surface area contributed by atoms with Gasteiger partial charge >= 0.3 is 30.2 Å². The number of fused-ring (bicyclic) bond motifs is 2. The van der Waals surface area contributed by atoms with Gasteiger partial charge in [0.15, 0.2) is 0 Å². The number of amides is 6. The molecule has 2 fully saturated rings. The number of nitrogens with one attached hydrogen (secondary N) is 4. The number of carbonyl (C=O) groups excluding carboxylic acids is 6. The van der Waals surface area contributed by atoms with E-state index in [1.165, 1.54) is 73.6 Å². The average Bonchev–Trinajstić information content (AvgIpc) is 1.47. The highest BCUT2D eigenvalue weighted by molar-refractivity contribution is 7.90. The van der Waals surface area contributed by atoms with Gasteiger partial charge in [-0.05, 0) is 172 Å². The van der Waals surface area contributed by atoms with Crippen molar-refractivity contribution in [1.82, 2.24) is 28.5 Å². The number of aryl methyl sites for hydroxylation is 2. The summed E-state index contributed by atoms with van der Waals surface area (Å²) in [7, 11) is -6.04. The Hall–Kier alpha value is -10.3. The molecule has 6 N–H and O–H groups in total. The number of hydrogen-bond acceptors (Lipinski definition) is 16. The summed E-state index contributed by atoms with van der Waals surface area (Å²) in [4.78, 5) is 90.0. The molecule has 0 atom stereocenters. The Morgan fingerprint density at radius 3 is 1.35 bits per heavy atom. The Bertz CT molecular complexity index is 4350. The minimum absolute atomic E-state index is 0.0543. The van der Waals surface area contributed by atoms with Crippen LogP contribution in [-0.4, -0.2) is 120 Å². The van der Waals surface area contributed by atoms with E-state index in [4.69, 9.17) is 24.1 Å². The van der Waals surface area contributed by atoms with E-state index in [1.54, 1.807) is 110 Å². The minimum atomic E-state index is -4.46. The summed E-state index contributed by atoms with van der Waals surface area (Å²) in [6, 6.07) is 32.5. The first-order valence-corrected chi connectivity index (χ1v) is 32.2. The molecule has 2 saturated carbocycles. The molecule has 0 bridgehead atoms. The number of benzene rings is 6. The molecular formula is C65H68N8O17S2. The number of carboxylic acids is 1. The number of hydrogen-bond donors (Lipinski definition) is 6. The zero-order valence-electron chi connectivity index (χ0n) is 50.6. The van der Waals surface area contributed by atoms with Crippen LogP contribution in [0.4, 0.5) is 30.6 Å². The third-order valence-corrected chi connectivity index (χ3v) is 19.4. The van der Waals surface area contributed by atoms with Crippen molar-refractivity contribution in [2.45, 2.75) is 107 Å². The van der Waals surface area contributed by atoms with E-state index in [0.29, 0.717) is 55.8 Å². The van der Waals surface area contributed by atoms with E-state index >= 15 is 0 Å². The molecule has 482 valence electrons. The lowest BCUT2D eigenvalue weighted by Crippen LogP contribution is -2.37. The molecule has 2 aromatic heterocycles. The Morgan fingerprint density at radius 2 is 0.957 bits per heavy atom. The van der Waals surface area contributed by atoms with Crippen LogP contribution in [0.2, 0.25) is 0 Å². The molecule has 0 aliphatic heterocycles. The molecule has 2 aliphatic carbocycles. The quantitative estimate of drug-likeness (QED) is 0.0324. The van der Waals surface area contributed by atoms with E-state index in [-0.39, 0.29) is 57.2 Å². The zero-order chi connectivity index (χ0) is 65.9. The summed E-state index contributed by atoms with van der Waals surface area (Å²) in [6.45, 7) is 2.12. The van der Waals surface area contributed by atoms with Crippen molar-refractivity contribution >= 4 is 95.3 Å². The number of sulfonamides is 2. The van der Waals surface area contributed by atoms with E-state index in [9.17, 15) is 55.6 Å². The third-order valence-electron chi connectivity index (χ3n) is 15.6. The summed E-state index contributed by atoms with van der Waals surface area (Å²) in [6.07, 6.45) is 7.87. The van der Waals surface area contributed by atoms with Crippen molar-refractivity contribution < 1.29 is 79.7 Å². The van der Waals surface area contributed by atoms with Crippen LogP contribution in [0.5, 0.6) is 11.5 Å². The molecule has 0 radical (unpaired) electrons. The lowest BCUT2D eigenvalue weighted by Gasteiger charge is -2.24. The van der Waals surface area contributed by atoms with Crippen molar-refractivity contribution in [3.63, 3.8) is 0 Å². The number of carbonyl (C=O) groups is 7. The number of hydroxylamine groups is 1. The fraction of sp³-hybridized carbons (Fsp3) is 0.277. The number of carboxylic acid groups (broad SMARTS) is 1. The van der Waals surface area contributed by atoms with Crippen molar-refractivity contribution in [1.29, 1.82) is 0 Å². The number of aromatic nitrogens is 2. The average molecular weight is 1300 g/mol. The fourth-order valence-corrected chi connectivity index (χ4v) is 14.1. The Labute approximate surface area is 529 Å². The zero-order valence-corrected chi connectivity index (χ0v) is 52.3. The topological polar surface area (TPSA) is 330 Å². The van der Waals surface area contributed by atoms with Gasteiger partial charge in [0, 0.05) is 52.2 Å². The fourth-order valence-electron chi connectivity index (χ4n) is 10.9. The van der Waals surface area contributed by atoms with Gasteiger partial charge in [0.1, 0.15) is 23.7 Å². The van der Waals surface area contributed by atoms with Crippen molar-refractivity contribution in [2.24, 2.45) is 0 Å². The largest absolute Gasteiger partial charge is 0.497 e. The van der Waals surface area contributed by atoms with Gasteiger partial charge in [-0.15, -0.1) is 0 Å². The van der Waals surface area contributed by atoms with Gasteiger partial charge in [-0.25, -0.2) is 50.1 Å². The smallest absolute Gasteiger partial charge is 0.411 e. The van der Waals surface area contributed by atoms with Crippen LogP contribution < -0.4 is 30.9 Å². The van der Waals surface area contributed by atoms with E-state index in [1.807, 2.05) is 0 Å². The molecule has 0 unspecified atom stereocenters. The van der Waals surface area contributed by atoms with Gasteiger partial charge in [0.05, 0.1) is 54.6 Å². The molecule has 0 spiro atoms. The number of nitrogens with zero attached hydrogens (tertiary/aromatic N) is 4. The van der Waals surface area contributed by atoms with Gasteiger partial charge < -0.3 is 29.4 Å². The number of aliphatic carboxylic acids is 1. The summed E-state index contributed by atoms with van der Waals surface area (Å²) in [5, 5.41) is 27.1. The summed E-state index contributed by atoms with van der Waals surface area (Å²) in [5.41, 5.74) is 4.35. The number of methoxy groups -OCH3 is 2. The van der Waals surface area contributed by atoms with Gasteiger partial charge in [0.2, 0.25) is 0 Å². The highest BCUT2D eigenvalue weighted by atomic mass is 32.2. The Kier molecular flexibility index (Phi) is 21.0. The van der Waals surface area contributed by atoms with Gasteiger partial charge in [-0.1, -0.05) is 48.5 Å². The second kappa shape index (κ2) is 29.1. The van der Waals surface area contributed by atoms with E-state index < -0.39 is 75.2 Å². The molecule has 8 aromatic rings. The predicted molar refractivity (Wildman–Crippen MR) is 338 cm³/mol. The predicted octanol–water partition coefficient (Wildman–Crippen LogP) is 10.9. The maximum Gasteiger partial charge on any atom is 0.411 e. The molecule has 2 heterocycles. The van der Waals surface area contributed by atoms with E-state index in [0.717, 1.165) is 64.5 Å². The van der Waals surface area contributed by atoms with Gasteiger partial charge in [0.25, 0.3) is 31.9 Å². The van der Waals surface area contributed by atoms with Gasteiger partial charge in [-0.3, -0.25) is 39.4 Å². The van der Waals surface area contributed by atoms with Crippen LogP contribution in [0.1, 0.15) is 101 Å². The first kappa shape index (κ1) is 66.2. The van der Waals surface area contributed by atoms with Crippen LogP contribution in [0, 0.1) is 13.8 Å². The molecule has 6 aromatic carbocycles. The van der Waals surface area contributed by atoms with Crippen molar-refractivity contribution in [3.8, 4) is 11.5 Å². The number of anilines is 2. The monoisotopic (exact) mass is 1300 g/mol. The van der Waals surface area contributed by atoms with Crippen molar-refractivity contribution in [2.75, 3.05) is 31.4 Å². The maximum absolute atomic E-state index is 14.2. The molecule has 27 heteroatoms. The summed E-state index contributed by atoms with van der Waals surface area (Å²) in [5.74, 6) is -2.04. The van der Waals surface area contributed by atoms with Crippen LogP contribution in [0.15, 0.2) is 156 Å². The molecule has 25 nitrogen and oxygen atoms in total. The number of rotatable bonds is 19. The molecule has 6 amide bonds. The molecule has 0 saturated heterocycles. The normalized spacial score (nSPS) is 13.3. The summed E-state index contributed by atoms with van der Waals surface area (Å²) >= 11 is 0. The lowest BCUT2D eigenvalue weighted by molar-refractivity contribution is -0.136. The standard InChI is InChI=1S/C34H36N4O9S.C31H32N4O8S/c1-22-8-3-6-13-30(22)48(44,45)38(32(41)23-9-7-12-27(18-23)46-2)21-24-20-37(33(42)35-17-16-31(39)40)29-15-14-25(19-28(24)29)36-34(43)47-26-10-4-5-11-26;1-20-8-3-6-13-28(20)44(40,41)35(29(36)21-9-7-12-25(16-21)42-2)19-22-18-34(30(37)33-39)27-15-14-23(17-26(22)27)32-31(38)43-24-10-4-5-11-24/h3,6-9,12-15,18-20,26H,4-5,10-11,16-17,21H2,1-2H3,(H,35,42)(H,36,43)(H,39,40);3,6-9,12-18,24,39H,4-5,10-11,19H2,1-2H3,(H,32,38)(H,33,37). The lowest BCUT2D eigenvalue weighted by atomic mass is 10.1. The van der Waals surface area contributed by atoms with Crippen LogP contribution in [0.25, 0.3) is 21.8 Å². The highest BCUT2D eigenvalue weighted by Gasteiger charge is 2.35. The maximum atomic E-state index is 14.2. The second-order valence-electron chi connectivity index (χ2n) is 21.8. The Morgan fingerprint density at radius 1 is 0.543 bits per heavy atom. The van der Waals surface area contributed by atoms with Crippen LogP contribution >= 0.6 is 0 Å². The van der Waals surface area contributed by atoms with Crippen LogP contribution in [-0.2, 0) is 47.4 Å². The molecule has 10 rings (SSSR count). The second-order valence-corrected chi connectivity index (χ2v) is 25.5. The third kappa shape index (κ3) is 15.3. The van der Waals surface area contributed by atoms with Crippen molar-refractivity contribution in [3.05, 3.63) is 179 Å². The summed E-state index contributed by atoms with van der Waals surface area (Å²) < 4.78 is 82.0. The molecular weight excluding hydrogens is 1230 g/mol. The Balaban J connectivity index is 0.000000218. The van der Waals surface area contributed by atoms with Crippen LogP contribution in [0.3, 0.4) is 0 Å². The first-order valence-electron chi connectivity index (χ1n) is 29.3. The first-order chi connectivity index (χ1) is 44.1. The minimum Gasteiger partial charge on any atom is -0.497 e. The van der Waals surface area contributed by atoms with E-state index in [2.05, 4.69) is 16.0 Å². The highest BCUT2D eigenvalue weighted by Crippen LogP contribution is 2.34. The molecule has 92 heavy (non-hydrogen) atoms. The molecule has 2 aliphatic rings. The SMILES string of the molecule is COc1cccc(C(=O)N(Cc2cn(C(=O)NCCC(=O)O)c3ccc(NC(=O)OC4CCCC4)cc23)S(=O)(=O)c2ccccc2C)c1.COc1cccc(C(=O)N(Cc2cn(C(=O)NO)c3ccc(NC(=O)OC4CCCC4)cc23)S(=O)(=O)c2ccccc2C)c1.